The summed E-state index contributed by atoms with van der Waals surface area (Å²) in [5.41, 5.74) is 6.58. The Kier molecular flexibility index (Phi) is 6.61. The van der Waals surface area contributed by atoms with Gasteiger partial charge in [-0.25, -0.2) is 0 Å². The molecule has 1 aliphatic carbocycles. The molecule has 0 fully saturated rings. The zero-order valence-corrected chi connectivity index (χ0v) is 19.4. The third-order valence-electron chi connectivity index (χ3n) is 6.66. The number of nitrogens with zero attached hydrogens (tertiary/aromatic N) is 1. The molecule has 1 heterocycles. The van der Waals surface area contributed by atoms with Crippen LogP contribution in [0.3, 0.4) is 0 Å². The number of nitrogens with one attached hydrogen (secondary N) is 1. The maximum absolute atomic E-state index is 10.8. The van der Waals surface area contributed by atoms with E-state index in [2.05, 4.69) is 66.0 Å². The van der Waals surface area contributed by atoms with Crippen molar-refractivity contribution in [3.63, 3.8) is 0 Å². The molecule has 33 heavy (non-hydrogen) atoms. The molecule has 0 bridgehead atoms. The minimum Gasteiger partial charge on any atom is -0.388 e. The largest absolute Gasteiger partial charge is 0.388 e. The first-order valence-electron chi connectivity index (χ1n) is 11.8. The Bertz CT molecular complexity index is 1190. The van der Waals surface area contributed by atoms with E-state index in [1.165, 1.54) is 11.1 Å². The summed E-state index contributed by atoms with van der Waals surface area (Å²) in [5, 5.41) is 16.2. The third kappa shape index (κ3) is 4.75. The molecule has 3 nitrogen and oxygen atoms in total. The molecule has 1 aliphatic rings. The number of halogens is 1. The van der Waals surface area contributed by atoms with Crippen LogP contribution in [0.5, 0.6) is 0 Å². The minimum atomic E-state index is -0.467. The lowest BCUT2D eigenvalue weighted by molar-refractivity contribution is 0.156. The first-order valence-corrected chi connectivity index (χ1v) is 12.2. The predicted molar refractivity (Wildman–Crippen MR) is 137 cm³/mol. The number of aliphatic hydroxyl groups is 1. The highest BCUT2D eigenvalue weighted by molar-refractivity contribution is 6.31. The number of anilines is 1. The van der Waals surface area contributed by atoms with Crippen LogP contribution < -0.4 is 5.32 Å². The number of hydrogen-bond acceptors (Lipinski definition) is 3. The lowest BCUT2D eigenvalue weighted by Crippen LogP contribution is -2.16. The topological polar surface area (TPSA) is 45.2 Å². The molecule has 0 saturated carbocycles. The van der Waals surface area contributed by atoms with E-state index >= 15 is 0 Å². The van der Waals surface area contributed by atoms with Crippen molar-refractivity contribution in [3.05, 3.63) is 106 Å². The summed E-state index contributed by atoms with van der Waals surface area (Å²) >= 11 is 6.25. The Morgan fingerprint density at radius 3 is 2.36 bits per heavy atom. The lowest BCUT2D eigenvalue weighted by Gasteiger charge is -2.26. The maximum atomic E-state index is 10.8. The van der Waals surface area contributed by atoms with Crippen LogP contribution in [0.15, 0.2) is 78.9 Å². The molecule has 1 aromatic heterocycles. The molecule has 5 rings (SSSR count). The fourth-order valence-corrected chi connectivity index (χ4v) is 5.23. The maximum Gasteiger partial charge on any atom is 0.0828 e. The van der Waals surface area contributed by atoms with Gasteiger partial charge in [0.1, 0.15) is 0 Å². The Morgan fingerprint density at radius 1 is 0.970 bits per heavy atom. The average Bonchev–Trinajstić information content (AvgIpc) is 2.84. The van der Waals surface area contributed by atoms with Crippen LogP contribution in [0.1, 0.15) is 60.1 Å². The molecule has 4 heteroatoms. The zero-order valence-electron chi connectivity index (χ0n) is 18.7. The van der Waals surface area contributed by atoms with Crippen LogP contribution in [-0.2, 0) is 6.42 Å². The van der Waals surface area contributed by atoms with Crippen LogP contribution in [0.25, 0.3) is 10.9 Å². The fourth-order valence-electron chi connectivity index (χ4n) is 5.07. The van der Waals surface area contributed by atoms with Gasteiger partial charge in [0.2, 0.25) is 0 Å². The summed E-state index contributed by atoms with van der Waals surface area (Å²) in [6, 6.07) is 27.3. The molecule has 3 aromatic carbocycles. The first kappa shape index (κ1) is 21.9. The first-order chi connectivity index (χ1) is 16.2. The summed E-state index contributed by atoms with van der Waals surface area (Å²) in [7, 11) is 0. The van der Waals surface area contributed by atoms with E-state index in [1.54, 1.807) is 0 Å². The third-order valence-corrected chi connectivity index (χ3v) is 6.90. The number of rotatable bonds is 7. The Balaban J connectivity index is 1.38. The quantitative estimate of drug-likeness (QED) is 0.287. The summed E-state index contributed by atoms with van der Waals surface area (Å²) in [6.07, 6.45) is 4.23. The number of aliphatic hydroxyl groups excluding tert-OH is 1. The summed E-state index contributed by atoms with van der Waals surface area (Å²) in [5.74, 6) is 0.363. The van der Waals surface area contributed by atoms with Gasteiger partial charge in [-0.05, 0) is 61.4 Å². The average molecular weight is 457 g/mol. The molecule has 1 unspecified atom stereocenters. The van der Waals surface area contributed by atoms with Crippen LogP contribution in [0.4, 0.5) is 5.69 Å². The van der Waals surface area contributed by atoms with E-state index in [9.17, 15) is 5.11 Å². The van der Waals surface area contributed by atoms with E-state index in [0.29, 0.717) is 10.9 Å². The molecule has 0 radical (unpaired) electrons. The predicted octanol–water partition coefficient (Wildman–Crippen LogP) is 7.28. The SMILES string of the molecule is OC1CCCc2nc3cc(Cl)ccc3c(NCCCC(c3ccccc3)c3ccccc3)c21. The highest BCUT2D eigenvalue weighted by atomic mass is 35.5. The van der Waals surface area contributed by atoms with E-state index < -0.39 is 6.10 Å². The normalized spacial score (nSPS) is 15.5. The lowest BCUT2D eigenvalue weighted by atomic mass is 9.87. The van der Waals surface area contributed by atoms with Gasteiger partial charge in [0.25, 0.3) is 0 Å². The highest BCUT2D eigenvalue weighted by Gasteiger charge is 2.25. The van der Waals surface area contributed by atoms with Gasteiger partial charge in [-0.1, -0.05) is 72.3 Å². The van der Waals surface area contributed by atoms with Crippen LogP contribution in [0, 0.1) is 0 Å². The van der Waals surface area contributed by atoms with Crippen LogP contribution in [-0.4, -0.2) is 16.6 Å². The minimum absolute atomic E-state index is 0.363. The van der Waals surface area contributed by atoms with Gasteiger partial charge >= 0.3 is 0 Å². The van der Waals surface area contributed by atoms with E-state index in [0.717, 1.165) is 66.5 Å². The van der Waals surface area contributed by atoms with Crippen molar-refractivity contribution in [3.8, 4) is 0 Å². The van der Waals surface area contributed by atoms with Crippen molar-refractivity contribution in [2.75, 3.05) is 11.9 Å². The van der Waals surface area contributed by atoms with Gasteiger partial charge in [0.05, 0.1) is 17.3 Å². The number of fused-ring (bicyclic) bond motifs is 2. The molecule has 2 N–H and O–H groups in total. The van der Waals surface area contributed by atoms with Crippen molar-refractivity contribution in [1.29, 1.82) is 0 Å². The molecular weight excluding hydrogens is 428 g/mol. The molecule has 168 valence electrons. The molecular formula is C29H29ClN2O. The second kappa shape index (κ2) is 9.94. The van der Waals surface area contributed by atoms with Gasteiger partial charge in [-0.15, -0.1) is 0 Å². The Hall–Kier alpha value is -2.88. The molecule has 4 aromatic rings. The van der Waals surface area contributed by atoms with Crippen molar-refractivity contribution in [2.24, 2.45) is 0 Å². The standard InChI is InChI=1S/C29H29ClN2O/c30-22-16-17-24-26(19-22)32-25-14-7-15-27(33)28(25)29(24)31-18-8-13-23(20-9-3-1-4-10-20)21-11-5-2-6-12-21/h1-6,9-12,16-17,19,23,27,33H,7-8,13-15,18H2,(H,31,32). The molecule has 0 aliphatic heterocycles. The summed E-state index contributed by atoms with van der Waals surface area (Å²) in [4.78, 5) is 4.84. The van der Waals surface area contributed by atoms with Gasteiger partial charge in [0, 0.05) is 34.1 Å². The summed E-state index contributed by atoms with van der Waals surface area (Å²) < 4.78 is 0. The van der Waals surface area contributed by atoms with Gasteiger partial charge in [-0.3, -0.25) is 4.98 Å². The Morgan fingerprint density at radius 2 is 1.67 bits per heavy atom. The Labute approximate surface area is 200 Å². The highest BCUT2D eigenvalue weighted by Crippen LogP contribution is 2.39. The van der Waals surface area contributed by atoms with Crippen molar-refractivity contribution in [1.82, 2.24) is 4.98 Å². The van der Waals surface area contributed by atoms with E-state index in [-0.39, 0.29) is 0 Å². The second-order valence-corrected chi connectivity index (χ2v) is 9.30. The number of aromatic nitrogens is 1. The fraction of sp³-hybridized carbons (Fsp3) is 0.276. The van der Waals surface area contributed by atoms with E-state index in [4.69, 9.17) is 16.6 Å². The second-order valence-electron chi connectivity index (χ2n) is 8.86. The van der Waals surface area contributed by atoms with Crippen LogP contribution >= 0.6 is 11.6 Å². The monoisotopic (exact) mass is 456 g/mol. The van der Waals surface area contributed by atoms with E-state index in [1.807, 2.05) is 18.2 Å². The zero-order chi connectivity index (χ0) is 22.6. The number of pyridine rings is 1. The van der Waals surface area contributed by atoms with Crippen LogP contribution in [0.2, 0.25) is 5.02 Å². The van der Waals surface area contributed by atoms with Crippen molar-refractivity contribution < 1.29 is 5.11 Å². The van der Waals surface area contributed by atoms with Gasteiger partial charge in [-0.2, -0.15) is 0 Å². The smallest absolute Gasteiger partial charge is 0.0828 e. The molecule has 0 spiro atoms. The summed E-state index contributed by atoms with van der Waals surface area (Å²) in [6.45, 7) is 0.830. The number of benzene rings is 3. The van der Waals surface area contributed by atoms with Gasteiger partial charge in [0.15, 0.2) is 0 Å². The molecule has 0 amide bonds. The van der Waals surface area contributed by atoms with Crippen molar-refractivity contribution in [2.45, 2.75) is 44.1 Å². The number of aryl methyl sites for hydroxylation is 1. The molecule has 0 saturated heterocycles. The number of hydrogen-bond donors (Lipinski definition) is 2. The van der Waals surface area contributed by atoms with Gasteiger partial charge < -0.3 is 10.4 Å². The molecule has 1 atom stereocenters. The van der Waals surface area contributed by atoms with Crippen molar-refractivity contribution >= 4 is 28.2 Å².